The molecule has 8 heteroatoms. The lowest BCUT2D eigenvalue weighted by atomic mass is 10.1. The van der Waals surface area contributed by atoms with Gasteiger partial charge in [-0.2, -0.15) is 5.26 Å². The van der Waals surface area contributed by atoms with Crippen molar-refractivity contribution in [2.75, 3.05) is 0 Å². The SMILES string of the molecule is N#C/C(=C/c1ccc(Oc2ccc([N+](=O)[O-])cn2)cc1)c1nc2ccccc2[nH]1. The van der Waals surface area contributed by atoms with E-state index in [4.69, 9.17) is 4.74 Å². The van der Waals surface area contributed by atoms with Gasteiger partial charge in [-0.25, -0.2) is 9.97 Å². The highest BCUT2D eigenvalue weighted by Gasteiger charge is 2.09. The number of imidazole rings is 1. The van der Waals surface area contributed by atoms with Gasteiger partial charge in [0.05, 0.1) is 21.5 Å². The summed E-state index contributed by atoms with van der Waals surface area (Å²) in [6, 6.07) is 19.5. The van der Waals surface area contributed by atoms with E-state index in [1.807, 2.05) is 24.3 Å². The minimum atomic E-state index is -0.521. The number of rotatable bonds is 5. The largest absolute Gasteiger partial charge is 0.439 e. The second-order valence-corrected chi connectivity index (χ2v) is 6.06. The highest BCUT2D eigenvalue weighted by atomic mass is 16.6. The van der Waals surface area contributed by atoms with Gasteiger partial charge in [0.25, 0.3) is 5.69 Å². The van der Waals surface area contributed by atoms with Gasteiger partial charge in [0.2, 0.25) is 5.88 Å². The van der Waals surface area contributed by atoms with Crippen molar-refractivity contribution in [1.82, 2.24) is 15.0 Å². The fraction of sp³-hybridized carbons (Fsp3) is 0. The zero-order valence-electron chi connectivity index (χ0n) is 14.9. The van der Waals surface area contributed by atoms with Gasteiger partial charge < -0.3 is 9.72 Å². The molecule has 0 aliphatic carbocycles. The van der Waals surface area contributed by atoms with E-state index in [0.29, 0.717) is 17.1 Å². The van der Waals surface area contributed by atoms with Gasteiger partial charge in [-0.1, -0.05) is 24.3 Å². The number of nitro groups is 1. The smallest absolute Gasteiger partial charge is 0.287 e. The van der Waals surface area contributed by atoms with Gasteiger partial charge in [0.1, 0.15) is 23.8 Å². The third-order valence-electron chi connectivity index (χ3n) is 4.11. The average Bonchev–Trinajstić information content (AvgIpc) is 3.17. The number of aromatic amines is 1. The number of H-pyrrole nitrogens is 1. The van der Waals surface area contributed by atoms with Gasteiger partial charge in [0, 0.05) is 12.1 Å². The van der Waals surface area contributed by atoms with Crippen LogP contribution < -0.4 is 4.74 Å². The predicted molar refractivity (Wildman–Crippen MR) is 107 cm³/mol. The molecule has 4 aromatic rings. The Morgan fingerprint density at radius 3 is 2.59 bits per heavy atom. The molecular formula is C21H13N5O3. The minimum Gasteiger partial charge on any atom is -0.439 e. The Kier molecular flexibility index (Phi) is 4.70. The number of nitrogens with one attached hydrogen (secondary N) is 1. The molecule has 2 aromatic heterocycles. The molecule has 0 aliphatic heterocycles. The van der Waals surface area contributed by atoms with Crippen molar-refractivity contribution < 1.29 is 9.66 Å². The van der Waals surface area contributed by atoms with Crippen molar-refractivity contribution in [3.05, 3.63) is 88.4 Å². The molecule has 4 rings (SSSR count). The summed E-state index contributed by atoms with van der Waals surface area (Å²) in [5.74, 6) is 1.27. The molecule has 1 N–H and O–H groups in total. The average molecular weight is 383 g/mol. The molecule has 0 spiro atoms. The predicted octanol–water partition coefficient (Wildman–Crippen LogP) is 4.72. The van der Waals surface area contributed by atoms with E-state index in [1.165, 1.54) is 12.1 Å². The van der Waals surface area contributed by atoms with Gasteiger partial charge in [-0.15, -0.1) is 0 Å². The second-order valence-electron chi connectivity index (χ2n) is 6.06. The Labute approximate surface area is 164 Å². The molecule has 0 radical (unpaired) electrons. The molecule has 140 valence electrons. The van der Waals surface area contributed by atoms with Crippen LogP contribution in [0, 0.1) is 21.4 Å². The number of hydrogen-bond acceptors (Lipinski definition) is 6. The maximum atomic E-state index is 10.7. The maximum absolute atomic E-state index is 10.7. The van der Waals surface area contributed by atoms with Crippen molar-refractivity contribution in [2.45, 2.75) is 0 Å². The highest BCUT2D eigenvalue weighted by Crippen LogP contribution is 2.24. The number of allylic oxidation sites excluding steroid dienone is 1. The minimum absolute atomic E-state index is 0.104. The first-order valence-electron chi connectivity index (χ1n) is 8.58. The number of ether oxygens (including phenoxy) is 1. The van der Waals surface area contributed by atoms with E-state index in [2.05, 4.69) is 21.0 Å². The Morgan fingerprint density at radius 1 is 1.14 bits per heavy atom. The van der Waals surface area contributed by atoms with Crippen LogP contribution >= 0.6 is 0 Å². The number of hydrogen-bond donors (Lipinski definition) is 1. The highest BCUT2D eigenvalue weighted by molar-refractivity contribution is 5.90. The normalized spacial score (nSPS) is 11.2. The molecular weight excluding hydrogens is 370 g/mol. The first-order chi connectivity index (χ1) is 14.1. The van der Waals surface area contributed by atoms with Gasteiger partial charge in [-0.3, -0.25) is 10.1 Å². The van der Waals surface area contributed by atoms with Crippen molar-refractivity contribution in [1.29, 1.82) is 5.26 Å². The summed E-state index contributed by atoms with van der Waals surface area (Å²) in [5.41, 5.74) is 2.76. The van der Waals surface area contributed by atoms with Crippen LogP contribution in [0.25, 0.3) is 22.7 Å². The Bertz CT molecular complexity index is 1220. The number of nitrogens with zero attached hydrogens (tertiary/aromatic N) is 4. The van der Waals surface area contributed by atoms with Crippen LogP contribution in [0.15, 0.2) is 66.9 Å². The van der Waals surface area contributed by atoms with Crippen LogP contribution in [0.2, 0.25) is 0 Å². The summed E-state index contributed by atoms with van der Waals surface area (Å²) in [6.45, 7) is 0. The van der Waals surface area contributed by atoms with Crippen molar-refractivity contribution in [3.63, 3.8) is 0 Å². The Hall–Kier alpha value is -4.51. The molecule has 8 nitrogen and oxygen atoms in total. The number of benzene rings is 2. The second kappa shape index (κ2) is 7.62. The van der Waals surface area contributed by atoms with E-state index in [-0.39, 0.29) is 11.6 Å². The molecule has 29 heavy (non-hydrogen) atoms. The van der Waals surface area contributed by atoms with Crippen LogP contribution in [0.3, 0.4) is 0 Å². The Morgan fingerprint density at radius 2 is 1.93 bits per heavy atom. The number of nitriles is 1. The molecule has 0 unspecified atom stereocenters. The molecule has 0 fully saturated rings. The third kappa shape index (κ3) is 3.94. The molecule has 0 saturated carbocycles. The monoisotopic (exact) mass is 383 g/mol. The lowest BCUT2D eigenvalue weighted by molar-refractivity contribution is -0.385. The maximum Gasteiger partial charge on any atom is 0.287 e. The lowest BCUT2D eigenvalue weighted by Gasteiger charge is -2.04. The quantitative estimate of drug-likeness (QED) is 0.303. The van der Waals surface area contributed by atoms with Crippen LogP contribution in [-0.4, -0.2) is 19.9 Å². The van der Waals surface area contributed by atoms with Crippen LogP contribution in [-0.2, 0) is 0 Å². The molecule has 0 saturated heterocycles. The number of fused-ring (bicyclic) bond motifs is 1. The van der Waals surface area contributed by atoms with Crippen molar-refractivity contribution in [2.24, 2.45) is 0 Å². The third-order valence-corrected chi connectivity index (χ3v) is 4.11. The topological polar surface area (TPSA) is 118 Å². The first-order valence-corrected chi connectivity index (χ1v) is 8.58. The zero-order valence-corrected chi connectivity index (χ0v) is 14.9. The van der Waals surface area contributed by atoms with E-state index < -0.39 is 4.92 Å². The number of pyridine rings is 1. The van der Waals surface area contributed by atoms with E-state index in [0.717, 1.165) is 22.8 Å². The molecule has 0 aliphatic rings. The molecule has 0 bridgehead atoms. The lowest BCUT2D eigenvalue weighted by Crippen LogP contribution is -1.91. The summed E-state index contributed by atoms with van der Waals surface area (Å²) >= 11 is 0. The first kappa shape index (κ1) is 17.9. The van der Waals surface area contributed by atoms with E-state index >= 15 is 0 Å². The fourth-order valence-corrected chi connectivity index (χ4v) is 2.69. The van der Waals surface area contributed by atoms with Crippen LogP contribution in [0.4, 0.5) is 5.69 Å². The molecule has 0 atom stereocenters. The summed E-state index contributed by atoms with van der Waals surface area (Å²) in [4.78, 5) is 21.6. The van der Waals surface area contributed by atoms with Crippen molar-refractivity contribution >= 4 is 28.4 Å². The number of aromatic nitrogens is 3. The van der Waals surface area contributed by atoms with Crippen LogP contribution in [0.5, 0.6) is 11.6 Å². The summed E-state index contributed by atoms with van der Waals surface area (Å²) in [5, 5.41) is 20.2. The Balaban J connectivity index is 1.53. The molecule has 2 aromatic carbocycles. The van der Waals surface area contributed by atoms with Gasteiger partial charge >= 0.3 is 0 Å². The van der Waals surface area contributed by atoms with E-state index in [1.54, 1.807) is 30.3 Å². The summed E-state index contributed by atoms with van der Waals surface area (Å²) < 4.78 is 5.59. The van der Waals surface area contributed by atoms with E-state index in [9.17, 15) is 15.4 Å². The summed E-state index contributed by atoms with van der Waals surface area (Å²) in [6.07, 6.45) is 2.87. The van der Waals surface area contributed by atoms with Crippen molar-refractivity contribution in [3.8, 4) is 17.7 Å². The fourth-order valence-electron chi connectivity index (χ4n) is 2.69. The van der Waals surface area contributed by atoms with Gasteiger partial charge in [0.15, 0.2) is 0 Å². The number of para-hydroxylation sites is 2. The zero-order chi connectivity index (χ0) is 20.2. The van der Waals surface area contributed by atoms with Gasteiger partial charge in [-0.05, 0) is 35.9 Å². The standard InChI is InChI=1S/C21H13N5O3/c22-12-15(21-24-18-3-1-2-4-19(18)25-21)11-14-5-8-17(9-6-14)29-20-10-7-16(13-23-20)26(27)28/h1-11,13H,(H,24,25)/b15-11-. The molecule has 2 heterocycles. The summed E-state index contributed by atoms with van der Waals surface area (Å²) in [7, 11) is 0. The van der Waals surface area contributed by atoms with Crippen LogP contribution in [0.1, 0.15) is 11.4 Å². The molecule has 0 amide bonds.